The average Bonchev–Trinajstić information content (AvgIpc) is 2.36. The molecule has 0 spiro atoms. The van der Waals surface area contributed by atoms with Crippen LogP contribution in [0.4, 0.5) is 0 Å². The minimum atomic E-state index is 0.628. The van der Waals surface area contributed by atoms with Gasteiger partial charge in [0.1, 0.15) is 0 Å². The molecule has 0 unspecified atom stereocenters. The van der Waals surface area contributed by atoms with Gasteiger partial charge >= 0.3 is 0 Å². The summed E-state index contributed by atoms with van der Waals surface area (Å²) >= 11 is 0. The van der Waals surface area contributed by atoms with Crippen LogP contribution in [0.15, 0.2) is 30.3 Å². The first-order valence-corrected chi connectivity index (χ1v) is 4.99. The Kier molecular flexibility index (Phi) is 2.86. The topological polar surface area (TPSA) is 27.7 Å². The Morgan fingerprint density at radius 1 is 0.812 bits per heavy atom. The van der Waals surface area contributed by atoms with Gasteiger partial charge in [-0.05, 0) is 11.5 Å². The van der Waals surface area contributed by atoms with E-state index in [9.17, 15) is 0 Å². The number of hydrogen-bond donors (Lipinski definition) is 0. The highest BCUT2D eigenvalue weighted by Gasteiger charge is 2.14. The summed E-state index contributed by atoms with van der Waals surface area (Å²) in [5.74, 6) is 2.01. The highest BCUT2D eigenvalue weighted by molar-refractivity contribution is 5.93. The number of rotatable bonds is 3. The SMILES string of the molecule is COc1cc2ccccc2c(OC)c1OC. The fraction of sp³-hybridized carbons (Fsp3) is 0.231. The third-order valence-corrected chi connectivity index (χ3v) is 2.55. The number of ether oxygens (including phenoxy) is 3. The van der Waals surface area contributed by atoms with Gasteiger partial charge in [-0.1, -0.05) is 24.3 Å². The highest BCUT2D eigenvalue weighted by atomic mass is 16.5. The van der Waals surface area contributed by atoms with Crippen LogP contribution < -0.4 is 14.2 Å². The largest absolute Gasteiger partial charge is 0.493 e. The predicted molar refractivity (Wildman–Crippen MR) is 63.6 cm³/mol. The molecule has 0 bridgehead atoms. The maximum Gasteiger partial charge on any atom is 0.203 e. The molecular weight excluding hydrogens is 204 g/mol. The standard InChI is InChI=1S/C13H14O3/c1-14-11-8-9-6-4-5-7-10(9)12(15-2)13(11)16-3/h4-8H,1-3H3. The first-order valence-electron chi connectivity index (χ1n) is 4.99. The molecule has 0 radical (unpaired) electrons. The molecule has 16 heavy (non-hydrogen) atoms. The third-order valence-electron chi connectivity index (χ3n) is 2.55. The van der Waals surface area contributed by atoms with Crippen molar-refractivity contribution in [3.8, 4) is 17.2 Å². The van der Waals surface area contributed by atoms with E-state index < -0.39 is 0 Å². The van der Waals surface area contributed by atoms with Crippen LogP contribution in [0.25, 0.3) is 10.8 Å². The molecule has 0 amide bonds. The Balaban J connectivity index is 2.82. The zero-order valence-corrected chi connectivity index (χ0v) is 9.61. The number of fused-ring (bicyclic) bond motifs is 1. The van der Waals surface area contributed by atoms with Crippen LogP contribution in [0.5, 0.6) is 17.2 Å². The van der Waals surface area contributed by atoms with E-state index in [2.05, 4.69) is 0 Å². The molecule has 2 rings (SSSR count). The smallest absolute Gasteiger partial charge is 0.203 e. The average molecular weight is 218 g/mol. The predicted octanol–water partition coefficient (Wildman–Crippen LogP) is 2.87. The maximum absolute atomic E-state index is 5.39. The van der Waals surface area contributed by atoms with Crippen LogP contribution in [-0.4, -0.2) is 21.3 Å². The van der Waals surface area contributed by atoms with E-state index in [4.69, 9.17) is 14.2 Å². The van der Waals surface area contributed by atoms with Crippen molar-refractivity contribution in [1.29, 1.82) is 0 Å². The summed E-state index contributed by atoms with van der Waals surface area (Å²) in [5, 5.41) is 2.08. The van der Waals surface area contributed by atoms with Crippen molar-refractivity contribution in [3.05, 3.63) is 30.3 Å². The van der Waals surface area contributed by atoms with Crippen LogP contribution in [-0.2, 0) is 0 Å². The van der Waals surface area contributed by atoms with E-state index in [0.29, 0.717) is 17.2 Å². The van der Waals surface area contributed by atoms with Gasteiger partial charge in [0, 0.05) is 5.39 Å². The van der Waals surface area contributed by atoms with Crippen LogP contribution in [0.3, 0.4) is 0 Å². The third kappa shape index (κ3) is 1.54. The summed E-state index contributed by atoms with van der Waals surface area (Å²) in [4.78, 5) is 0. The van der Waals surface area contributed by atoms with Crippen LogP contribution in [0.1, 0.15) is 0 Å². The quantitative estimate of drug-likeness (QED) is 0.792. The Labute approximate surface area is 94.5 Å². The molecule has 0 heterocycles. The summed E-state index contributed by atoms with van der Waals surface area (Å²) in [5.41, 5.74) is 0. The van der Waals surface area contributed by atoms with E-state index in [0.717, 1.165) is 10.8 Å². The number of benzene rings is 2. The summed E-state index contributed by atoms with van der Waals surface area (Å²) in [6.45, 7) is 0. The van der Waals surface area contributed by atoms with Crippen molar-refractivity contribution in [2.45, 2.75) is 0 Å². The molecule has 0 atom stereocenters. The summed E-state index contributed by atoms with van der Waals surface area (Å²) in [7, 11) is 4.85. The van der Waals surface area contributed by atoms with Gasteiger partial charge in [-0.2, -0.15) is 0 Å². The van der Waals surface area contributed by atoms with Gasteiger partial charge in [0.25, 0.3) is 0 Å². The lowest BCUT2D eigenvalue weighted by Gasteiger charge is -2.14. The highest BCUT2D eigenvalue weighted by Crippen LogP contribution is 2.42. The second-order valence-electron chi connectivity index (χ2n) is 3.37. The van der Waals surface area contributed by atoms with Gasteiger partial charge in [0.05, 0.1) is 21.3 Å². The molecule has 0 saturated heterocycles. The summed E-state index contributed by atoms with van der Waals surface area (Å²) in [6.07, 6.45) is 0. The second-order valence-corrected chi connectivity index (χ2v) is 3.37. The van der Waals surface area contributed by atoms with E-state index in [1.54, 1.807) is 21.3 Å². The molecule has 0 aliphatic carbocycles. The molecule has 0 saturated carbocycles. The van der Waals surface area contributed by atoms with Crippen molar-refractivity contribution in [2.75, 3.05) is 21.3 Å². The summed E-state index contributed by atoms with van der Waals surface area (Å²) < 4.78 is 16.0. The van der Waals surface area contributed by atoms with Gasteiger partial charge in [-0.25, -0.2) is 0 Å². The van der Waals surface area contributed by atoms with Crippen molar-refractivity contribution in [1.82, 2.24) is 0 Å². The molecule has 3 heteroatoms. The molecule has 2 aromatic carbocycles. The van der Waals surface area contributed by atoms with Crippen molar-refractivity contribution in [3.63, 3.8) is 0 Å². The molecule has 0 aliphatic heterocycles. The Morgan fingerprint density at radius 3 is 2.12 bits per heavy atom. The van der Waals surface area contributed by atoms with Crippen molar-refractivity contribution in [2.24, 2.45) is 0 Å². The molecule has 0 fully saturated rings. The Bertz CT molecular complexity index is 506. The van der Waals surface area contributed by atoms with E-state index >= 15 is 0 Å². The second kappa shape index (κ2) is 4.31. The molecule has 0 aromatic heterocycles. The van der Waals surface area contributed by atoms with Crippen molar-refractivity contribution < 1.29 is 14.2 Å². The zero-order valence-electron chi connectivity index (χ0n) is 9.61. The van der Waals surface area contributed by atoms with Crippen LogP contribution in [0, 0.1) is 0 Å². The fourth-order valence-electron chi connectivity index (χ4n) is 1.82. The molecule has 3 nitrogen and oxygen atoms in total. The van der Waals surface area contributed by atoms with E-state index in [-0.39, 0.29) is 0 Å². The van der Waals surface area contributed by atoms with Crippen molar-refractivity contribution >= 4 is 10.8 Å². The normalized spacial score (nSPS) is 10.2. The fourth-order valence-corrected chi connectivity index (χ4v) is 1.82. The lowest BCUT2D eigenvalue weighted by atomic mass is 10.1. The van der Waals surface area contributed by atoms with Gasteiger partial charge in [0.15, 0.2) is 11.5 Å². The molecule has 84 valence electrons. The molecule has 0 aliphatic rings. The van der Waals surface area contributed by atoms with Gasteiger partial charge in [-0.3, -0.25) is 0 Å². The maximum atomic E-state index is 5.39. The lowest BCUT2D eigenvalue weighted by molar-refractivity contribution is 0.327. The number of methoxy groups -OCH3 is 3. The molecule has 2 aromatic rings. The molecular formula is C13H14O3. The van der Waals surface area contributed by atoms with Crippen LogP contribution >= 0.6 is 0 Å². The van der Waals surface area contributed by atoms with E-state index in [1.165, 1.54) is 0 Å². The minimum Gasteiger partial charge on any atom is -0.493 e. The Hall–Kier alpha value is -1.90. The van der Waals surface area contributed by atoms with E-state index in [1.807, 2.05) is 30.3 Å². The lowest BCUT2D eigenvalue weighted by Crippen LogP contribution is -1.95. The zero-order chi connectivity index (χ0) is 11.5. The Morgan fingerprint density at radius 2 is 1.50 bits per heavy atom. The van der Waals surface area contributed by atoms with Crippen LogP contribution in [0.2, 0.25) is 0 Å². The molecule has 0 N–H and O–H groups in total. The summed E-state index contributed by atoms with van der Waals surface area (Å²) in [6, 6.07) is 9.90. The van der Waals surface area contributed by atoms with Gasteiger partial charge < -0.3 is 14.2 Å². The van der Waals surface area contributed by atoms with Gasteiger partial charge in [-0.15, -0.1) is 0 Å². The monoisotopic (exact) mass is 218 g/mol. The van der Waals surface area contributed by atoms with Gasteiger partial charge in [0.2, 0.25) is 5.75 Å². The minimum absolute atomic E-state index is 0.628. The first-order chi connectivity index (χ1) is 7.81. The first kappa shape index (κ1) is 10.6. The number of hydrogen-bond acceptors (Lipinski definition) is 3.